The molecule has 0 saturated carbocycles. The highest BCUT2D eigenvalue weighted by molar-refractivity contribution is 9.11. The first-order chi connectivity index (χ1) is 9.91. The Bertz CT molecular complexity index is 727. The second kappa shape index (κ2) is 6.73. The van der Waals surface area contributed by atoms with Crippen molar-refractivity contribution in [3.63, 3.8) is 0 Å². The van der Waals surface area contributed by atoms with Gasteiger partial charge in [0.2, 0.25) is 0 Å². The minimum atomic E-state index is -3.58. The molecule has 2 aromatic carbocycles. The summed E-state index contributed by atoms with van der Waals surface area (Å²) in [5.74, 6) is -0.256. The summed E-state index contributed by atoms with van der Waals surface area (Å²) in [7, 11) is -3.58. The molecule has 0 aromatic heterocycles. The van der Waals surface area contributed by atoms with Gasteiger partial charge in [0, 0.05) is 17.0 Å². The monoisotopic (exact) mass is 386 g/mol. The molecule has 2 aromatic rings. The van der Waals surface area contributed by atoms with Gasteiger partial charge in [0.15, 0.2) is 15.6 Å². The molecule has 1 atom stereocenters. The summed E-state index contributed by atoms with van der Waals surface area (Å²) >= 11 is 8.87. The quantitative estimate of drug-likeness (QED) is 0.573. The van der Waals surface area contributed by atoms with Crippen LogP contribution < -0.4 is 0 Å². The number of ketones is 1. The number of Topliss-reactive ketones (excluding diaryl/α,β-unsaturated/α-hetero) is 1. The second-order valence-corrected chi connectivity index (χ2v) is 8.68. The van der Waals surface area contributed by atoms with Gasteiger partial charge in [-0.3, -0.25) is 4.79 Å². The molecule has 6 heteroatoms. The first kappa shape index (κ1) is 16.2. The SMILES string of the molecule is O=C(CC(Br)S(=O)(=O)c1ccccc1)c1ccc(Cl)cc1. The molecular formula is C15H12BrClO3S. The number of halogens is 2. The van der Waals surface area contributed by atoms with Crippen molar-refractivity contribution in [1.82, 2.24) is 0 Å². The number of sulfone groups is 1. The lowest BCUT2D eigenvalue weighted by Gasteiger charge is -2.11. The molecule has 0 spiro atoms. The Labute approximate surface area is 137 Å². The van der Waals surface area contributed by atoms with Crippen LogP contribution in [0.2, 0.25) is 5.02 Å². The summed E-state index contributed by atoms with van der Waals surface area (Å²) in [5.41, 5.74) is 0.437. The molecule has 0 N–H and O–H groups in total. The third-order valence-corrected chi connectivity index (χ3v) is 6.74. The number of carbonyl (C=O) groups excluding carboxylic acids is 1. The third kappa shape index (κ3) is 3.93. The van der Waals surface area contributed by atoms with E-state index in [1.807, 2.05) is 0 Å². The van der Waals surface area contributed by atoms with Gasteiger partial charge in [-0.2, -0.15) is 0 Å². The number of carbonyl (C=O) groups is 1. The van der Waals surface area contributed by atoms with Crippen molar-refractivity contribution >= 4 is 43.2 Å². The predicted octanol–water partition coefficient (Wildman–Crippen LogP) is 4.11. The predicted molar refractivity (Wildman–Crippen MR) is 86.7 cm³/mol. The Morgan fingerprint density at radius 1 is 1.05 bits per heavy atom. The number of alkyl halides is 1. The van der Waals surface area contributed by atoms with Crippen molar-refractivity contribution < 1.29 is 13.2 Å². The van der Waals surface area contributed by atoms with E-state index in [0.717, 1.165) is 0 Å². The van der Waals surface area contributed by atoms with Crippen LogP contribution in [-0.2, 0) is 9.84 Å². The van der Waals surface area contributed by atoms with Crippen LogP contribution in [0, 0.1) is 0 Å². The van der Waals surface area contributed by atoms with E-state index in [1.165, 1.54) is 12.1 Å². The van der Waals surface area contributed by atoms with Gasteiger partial charge < -0.3 is 0 Å². The maximum atomic E-state index is 12.3. The lowest BCUT2D eigenvalue weighted by atomic mass is 10.1. The van der Waals surface area contributed by atoms with Gasteiger partial charge in [-0.15, -0.1) is 0 Å². The minimum absolute atomic E-state index is 0.140. The molecule has 110 valence electrons. The first-order valence-electron chi connectivity index (χ1n) is 6.13. The van der Waals surface area contributed by atoms with Crippen LogP contribution in [0.15, 0.2) is 59.5 Å². The van der Waals surface area contributed by atoms with Crippen LogP contribution in [0.5, 0.6) is 0 Å². The molecule has 0 saturated heterocycles. The third-order valence-electron chi connectivity index (χ3n) is 2.92. The Morgan fingerprint density at radius 2 is 1.62 bits per heavy atom. The zero-order chi connectivity index (χ0) is 15.5. The fourth-order valence-electron chi connectivity index (χ4n) is 1.77. The average molecular weight is 388 g/mol. The van der Waals surface area contributed by atoms with Gasteiger partial charge in [-0.1, -0.05) is 45.7 Å². The Kier molecular flexibility index (Phi) is 5.19. The zero-order valence-corrected chi connectivity index (χ0v) is 14.0. The lowest BCUT2D eigenvalue weighted by molar-refractivity contribution is 0.0987. The van der Waals surface area contributed by atoms with Crippen LogP contribution >= 0.6 is 27.5 Å². The van der Waals surface area contributed by atoms with E-state index in [-0.39, 0.29) is 17.1 Å². The molecule has 0 heterocycles. The molecule has 2 rings (SSSR count). The molecule has 0 amide bonds. The standard InChI is InChI=1S/C15H12BrClO3S/c16-15(21(19,20)13-4-2-1-3-5-13)10-14(18)11-6-8-12(17)9-7-11/h1-9,15H,10H2. The first-order valence-corrected chi connectivity index (χ1v) is 8.97. The highest BCUT2D eigenvalue weighted by Gasteiger charge is 2.27. The van der Waals surface area contributed by atoms with Gasteiger partial charge in [0.05, 0.1) is 4.90 Å². The average Bonchev–Trinajstić information content (AvgIpc) is 2.48. The minimum Gasteiger partial charge on any atom is -0.294 e. The molecular weight excluding hydrogens is 376 g/mol. The van der Waals surface area contributed by atoms with Gasteiger partial charge in [-0.25, -0.2) is 8.42 Å². The van der Waals surface area contributed by atoms with Gasteiger partial charge in [0.25, 0.3) is 0 Å². The molecule has 0 aliphatic rings. The van der Waals surface area contributed by atoms with Crippen molar-refractivity contribution in [3.05, 3.63) is 65.2 Å². The normalized spacial score (nSPS) is 12.9. The summed E-state index contributed by atoms with van der Waals surface area (Å²) in [6, 6.07) is 14.4. The molecule has 0 aliphatic heterocycles. The summed E-state index contributed by atoms with van der Waals surface area (Å²) in [6.45, 7) is 0. The van der Waals surface area contributed by atoms with E-state index in [0.29, 0.717) is 10.6 Å². The highest BCUT2D eigenvalue weighted by Crippen LogP contribution is 2.24. The summed E-state index contributed by atoms with van der Waals surface area (Å²) in [6.07, 6.45) is -0.140. The second-order valence-electron chi connectivity index (χ2n) is 4.40. The fourth-order valence-corrected chi connectivity index (χ4v) is 4.04. The summed E-state index contributed by atoms with van der Waals surface area (Å²) in [4.78, 5) is 12.3. The van der Waals surface area contributed by atoms with E-state index in [9.17, 15) is 13.2 Å². The van der Waals surface area contributed by atoms with E-state index in [1.54, 1.807) is 42.5 Å². The molecule has 3 nitrogen and oxygen atoms in total. The smallest absolute Gasteiger partial charge is 0.191 e. The number of rotatable bonds is 5. The van der Waals surface area contributed by atoms with Gasteiger partial charge >= 0.3 is 0 Å². The van der Waals surface area contributed by atoms with Crippen molar-refractivity contribution in [1.29, 1.82) is 0 Å². The van der Waals surface area contributed by atoms with Gasteiger partial charge in [0.1, 0.15) is 4.16 Å². The van der Waals surface area contributed by atoms with Crippen molar-refractivity contribution in [2.45, 2.75) is 15.5 Å². The fraction of sp³-hybridized carbons (Fsp3) is 0.133. The maximum absolute atomic E-state index is 12.3. The van der Waals surface area contributed by atoms with Gasteiger partial charge in [-0.05, 0) is 36.4 Å². The van der Waals surface area contributed by atoms with E-state index >= 15 is 0 Å². The van der Waals surface area contributed by atoms with Crippen LogP contribution in [-0.4, -0.2) is 18.4 Å². The van der Waals surface area contributed by atoms with Crippen molar-refractivity contribution in [3.8, 4) is 0 Å². The Morgan fingerprint density at radius 3 is 2.19 bits per heavy atom. The van der Waals surface area contributed by atoms with Crippen molar-refractivity contribution in [2.75, 3.05) is 0 Å². The Hall–Kier alpha value is -1.17. The number of hydrogen-bond donors (Lipinski definition) is 0. The van der Waals surface area contributed by atoms with Crippen LogP contribution in [0.25, 0.3) is 0 Å². The van der Waals surface area contributed by atoms with E-state index in [4.69, 9.17) is 11.6 Å². The number of benzene rings is 2. The Balaban J connectivity index is 2.16. The summed E-state index contributed by atoms with van der Waals surface area (Å²) < 4.78 is 23.7. The molecule has 21 heavy (non-hydrogen) atoms. The molecule has 0 bridgehead atoms. The van der Waals surface area contributed by atoms with Crippen LogP contribution in [0.4, 0.5) is 0 Å². The number of hydrogen-bond acceptors (Lipinski definition) is 3. The van der Waals surface area contributed by atoms with Crippen LogP contribution in [0.1, 0.15) is 16.8 Å². The molecule has 0 fully saturated rings. The zero-order valence-electron chi connectivity index (χ0n) is 10.9. The molecule has 1 unspecified atom stereocenters. The van der Waals surface area contributed by atoms with E-state index in [2.05, 4.69) is 15.9 Å². The summed E-state index contributed by atoms with van der Waals surface area (Å²) in [5, 5.41) is 0.527. The highest BCUT2D eigenvalue weighted by atomic mass is 79.9. The molecule has 0 aliphatic carbocycles. The maximum Gasteiger partial charge on any atom is 0.191 e. The van der Waals surface area contributed by atoms with Crippen LogP contribution in [0.3, 0.4) is 0 Å². The lowest BCUT2D eigenvalue weighted by Crippen LogP contribution is -2.19. The van der Waals surface area contributed by atoms with E-state index < -0.39 is 14.0 Å². The molecule has 0 radical (unpaired) electrons. The van der Waals surface area contributed by atoms with Crippen molar-refractivity contribution in [2.24, 2.45) is 0 Å². The topological polar surface area (TPSA) is 51.2 Å². The largest absolute Gasteiger partial charge is 0.294 e.